The maximum absolute atomic E-state index is 12.8. The van der Waals surface area contributed by atoms with E-state index in [1.807, 2.05) is 30.3 Å². The Morgan fingerprint density at radius 2 is 1.89 bits per heavy atom. The number of alkyl halides is 2. The molecule has 27 heavy (non-hydrogen) atoms. The summed E-state index contributed by atoms with van der Waals surface area (Å²) in [6, 6.07) is 14.2. The van der Waals surface area contributed by atoms with E-state index in [-0.39, 0.29) is 29.1 Å². The van der Waals surface area contributed by atoms with Crippen molar-refractivity contribution in [1.82, 2.24) is 0 Å². The SMILES string of the molecule is Cc1c(-c2ccccc2)oc2c(C(=O)OC[C@H]3CC3(Cl)Cl)cccc2c1=O. The molecule has 1 aromatic heterocycles. The molecule has 0 aliphatic heterocycles. The molecule has 0 bridgehead atoms. The van der Waals surface area contributed by atoms with E-state index in [0.29, 0.717) is 23.1 Å². The Labute approximate surface area is 165 Å². The number of benzene rings is 2. The minimum Gasteiger partial charge on any atom is -0.462 e. The first kappa shape index (κ1) is 18.1. The largest absolute Gasteiger partial charge is 0.462 e. The van der Waals surface area contributed by atoms with E-state index in [2.05, 4.69) is 0 Å². The molecule has 0 spiro atoms. The van der Waals surface area contributed by atoms with Gasteiger partial charge in [-0.25, -0.2) is 4.79 Å². The van der Waals surface area contributed by atoms with E-state index < -0.39 is 10.3 Å². The van der Waals surface area contributed by atoms with Gasteiger partial charge in [0.2, 0.25) is 0 Å². The predicted molar refractivity (Wildman–Crippen MR) is 105 cm³/mol. The zero-order valence-electron chi connectivity index (χ0n) is 14.5. The first-order valence-electron chi connectivity index (χ1n) is 8.55. The van der Waals surface area contributed by atoms with Crippen LogP contribution in [0.1, 0.15) is 22.3 Å². The monoisotopic (exact) mass is 402 g/mol. The van der Waals surface area contributed by atoms with Crippen LogP contribution < -0.4 is 5.43 Å². The molecule has 0 amide bonds. The number of esters is 1. The van der Waals surface area contributed by atoms with E-state index in [9.17, 15) is 9.59 Å². The number of rotatable bonds is 4. The van der Waals surface area contributed by atoms with Crippen LogP contribution in [0, 0.1) is 12.8 Å². The first-order valence-corrected chi connectivity index (χ1v) is 9.31. The fourth-order valence-corrected chi connectivity index (χ4v) is 3.54. The van der Waals surface area contributed by atoms with Crippen LogP contribution in [0.25, 0.3) is 22.3 Å². The van der Waals surface area contributed by atoms with Crippen molar-refractivity contribution in [3.8, 4) is 11.3 Å². The average molecular weight is 403 g/mol. The molecular weight excluding hydrogens is 387 g/mol. The third kappa shape index (κ3) is 3.35. The lowest BCUT2D eigenvalue weighted by molar-refractivity contribution is 0.0486. The predicted octanol–water partition coefficient (Wildman–Crippen LogP) is 5.12. The van der Waals surface area contributed by atoms with E-state index in [1.54, 1.807) is 25.1 Å². The quantitative estimate of drug-likeness (QED) is 0.448. The van der Waals surface area contributed by atoms with Crippen molar-refractivity contribution in [2.75, 3.05) is 6.61 Å². The van der Waals surface area contributed by atoms with Gasteiger partial charge >= 0.3 is 5.97 Å². The van der Waals surface area contributed by atoms with Gasteiger partial charge in [-0.1, -0.05) is 36.4 Å². The topological polar surface area (TPSA) is 56.5 Å². The molecule has 1 heterocycles. The summed E-state index contributed by atoms with van der Waals surface area (Å²) in [5, 5.41) is 0.345. The van der Waals surface area contributed by atoms with Gasteiger partial charge in [0.05, 0.1) is 12.0 Å². The smallest absolute Gasteiger partial charge is 0.341 e. The van der Waals surface area contributed by atoms with Gasteiger partial charge in [-0.15, -0.1) is 23.2 Å². The van der Waals surface area contributed by atoms with Crippen molar-refractivity contribution in [3.05, 3.63) is 69.9 Å². The van der Waals surface area contributed by atoms with Crippen LogP contribution in [0.5, 0.6) is 0 Å². The Hall–Kier alpha value is -2.30. The molecule has 1 saturated carbocycles. The summed E-state index contributed by atoms with van der Waals surface area (Å²) in [5.74, 6) is -0.201. The Morgan fingerprint density at radius 3 is 2.56 bits per heavy atom. The Kier molecular flexibility index (Phi) is 4.49. The second-order valence-electron chi connectivity index (χ2n) is 6.69. The van der Waals surface area contributed by atoms with Crippen molar-refractivity contribution in [2.45, 2.75) is 17.7 Å². The van der Waals surface area contributed by atoms with Gasteiger partial charge < -0.3 is 9.15 Å². The van der Waals surface area contributed by atoms with Crippen molar-refractivity contribution in [2.24, 2.45) is 5.92 Å². The van der Waals surface area contributed by atoms with E-state index in [4.69, 9.17) is 32.4 Å². The van der Waals surface area contributed by atoms with Gasteiger partial charge in [0, 0.05) is 17.0 Å². The summed E-state index contributed by atoms with van der Waals surface area (Å²) in [7, 11) is 0. The zero-order valence-corrected chi connectivity index (χ0v) is 16.0. The lowest BCUT2D eigenvalue weighted by Gasteiger charge is -2.10. The molecule has 0 unspecified atom stereocenters. The van der Waals surface area contributed by atoms with E-state index in [1.165, 1.54) is 0 Å². The van der Waals surface area contributed by atoms with Crippen molar-refractivity contribution in [3.63, 3.8) is 0 Å². The minimum absolute atomic E-state index is 0.0751. The number of ether oxygens (including phenoxy) is 1. The summed E-state index contributed by atoms with van der Waals surface area (Å²) < 4.78 is 10.5. The molecule has 0 saturated heterocycles. The van der Waals surface area contributed by atoms with E-state index in [0.717, 1.165) is 5.56 Å². The highest BCUT2D eigenvalue weighted by molar-refractivity contribution is 6.50. The van der Waals surface area contributed by atoms with Crippen LogP contribution in [0.4, 0.5) is 0 Å². The van der Waals surface area contributed by atoms with Crippen molar-refractivity contribution >= 4 is 40.1 Å². The summed E-state index contributed by atoms with van der Waals surface area (Å²) in [4.78, 5) is 25.4. The second-order valence-corrected chi connectivity index (χ2v) is 8.24. The number of halogens is 2. The highest BCUT2D eigenvalue weighted by Gasteiger charge is 2.52. The van der Waals surface area contributed by atoms with Crippen LogP contribution in [-0.4, -0.2) is 16.9 Å². The maximum Gasteiger partial charge on any atom is 0.341 e. The maximum atomic E-state index is 12.8. The van der Waals surface area contributed by atoms with Crippen LogP contribution in [-0.2, 0) is 4.74 Å². The third-order valence-electron chi connectivity index (χ3n) is 4.77. The second kappa shape index (κ2) is 6.70. The molecule has 2 aromatic carbocycles. The number of fused-ring (bicyclic) bond motifs is 1. The van der Waals surface area contributed by atoms with Crippen molar-refractivity contribution < 1.29 is 13.9 Å². The summed E-state index contributed by atoms with van der Waals surface area (Å²) in [6.45, 7) is 1.84. The average Bonchev–Trinajstić information content (AvgIpc) is 3.29. The fraction of sp³-hybridized carbons (Fsp3) is 0.238. The molecule has 1 atom stereocenters. The van der Waals surface area contributed by atoms with Crippen LogP contribution in [0.15, 0.2) is 57.7 Å². The molecule has 138 valence electrons. The minimum atomic E-state index is -0.816. The molecule has 0 N–H and O–H groups in total. The number of carbonyl (C=O) groups is 1. The highest BCUT2D eigenvalue weighted by Crippen LogP contribution is 2.53. The fourth-order valence-electron chi connectivity index (χ4n) is 3.04. The number of carbonyl (C=O) groups excluding carboxylic acids is 1. The van der Waals surface area contributed by atoms with Crippen LogP contribution in [0.2, 0.25) is 0 Å². The van der Waals surface area contributed by atoms with Crippen LogP contribution >= 0.6 is 23.2 Å². The molecule has 0 radical (unpaired) electrons. The lowest BCUT2D eigenvalue weighted by Crippen LogP contribution is -2.13. The van der Waals surface area contributed by atoms with Crippen LogP contribution in [0.3, 0.4) is 0 Å². The molecule has 4 rings (SSSR count). The molecule has 3 aromatic rings. The normalized spacial score (nSPS) is 17.7. The molecule has 6 heteroatoms. The lowest BCUT2D eigenvalue weighted by atomic mass is 10.0. The van der Waals surface area contributed by atoms with Gasteiger partial charge in [-0.05, 0) is 25.5 Å². The zero-order chi connectivity index (χ0) is 19.2. The van der Waals surface area contributed by atoms with Gasteiger partial charge in [-0.3, -0.25) is 4.79 Å². The van der Waals surface area contributed by atoms with Gasteiger partial charge in [-0.2, -0.15) is 0 Å². The number of hydrogen-bond donors (Lipinski definition) is 0. The Morgan fingerprint density at radius 1 is 1.19 bits per heavy atom. The molecule has 1 aliphatic rings. The van der Waals surface area contributed by atoms with Gasteiger partial charge in [0.1, 0.15) is 15.7 Å². The highest BCUT2D eigenvalue weighted by atomic mass is 35.5. The van der Waals surface area contributed by atoms with E-state index >= 15 is 0 Å². The number of para-hydroxylation sites is 1. The van der Waals surface area contributed by atoms with Gasteiger partial charge in [0.25, 0.3) is 0 Å². The molecular formula is C21H16Cl2O4. The standard InChI is InChI=1S/C21H16Cl2O4/c1-12-17(24)15-8-5-9-16(20(25)26-11-14-10-21(14,22)23)19(15)27-18(12)13-6-3-2-4-7-13/h2-9,14H,10-11H2,1H3/t14-/m1/s1. The summed E-state index contributed by atoms with van der Waals surface area (Å²) >= 11 is 11.9. The van der Waals surface area contributed by atoms with Gasteiger partial charge in [0.15, 0.2) is 11.0 Å². The third-order valence-corrected chi connectivity index (χ3v) is 5.70. The Bertz CT molecular complexity index is 1090. The first-order chi connectivity index (χ1) is 12.9. The molecule has 1 fully saturated rings. The molecule has 1 aliphatic carbocycles. The number of hydrogen-bond acceptors (Lipinski definition) is 4. The van der Waals surface area contributed by atoms with Crippen molar-refractivity contribution in [1.29, 1.82) is 0 Å². The molecule has 4 nitrogen and oxygen atoms in total. The summed E-state index contributed by atoms with van der Waals surface area (Å²) in [5.41, 5.74) is 1.51. The summed E-state index contributed by atoms with van der Waals surface area (Å²) in [6.07, 6.45) is 0.589. The Balaban J connectivity index is 1.76.